The van der Waals surface area contributed by atoms with Crippen LogP contribution in [0.3, 0.4) is 0 Å². The summed E-state index contributed by atoms with van der Waals surface area (Å²) < 4.78 is 13.4. The smallest absolute Gasteiger partial charge is 0.171 e. The SMILES string of the molecule is C[C@@H]1CC[C@@]2(OC1)OC1CC3C4CC=C5C=CCC[C@]5(C)C4CC[C@]3(C)C1[C@@H]2C. The summed E-state index contributed by atoms with van der Waals surface area (Å²) in [6.45, 7) is 10.9. The fourth-order valence-corrected chi connectivity index (χ4v) is 9.32. The lowest BCUT2D eigenvalue weighted by atomic mass is 9.47. The summed E-state index contributed by atoms with van der Waals surface area (Å²) in [5.41, 5.74) is 2.51. The number of allylic oxidation sites excluding steroid dienone is 4. The Morgan fingerprint density at radius 2 is 1.90 bits per heavy atom. The van der Waals surface area contributed by atoms with Crippen molar-refractivity contribution in [3.05, 3.63) is 23.8 Å². The van der Waals surface area contributed by atoms with Crippen LogP contribution >= 0.6 is 0 Å². The van der Waals surface area contributed by atoms with Crippen LogP contribution in [0.2, 0.25) is 0 Å². The van der Waals surface area contributed by atoms with E-state index in [1.54, 1.807) is 5.57 Å². The quantitative estimate of drug-likeness (QED) is 0.464. The highest BCUT2D eigenvalue weighted by molar-refractivity contribution is 5.34. The molecule has 160 valence electrons. The van der Waals surface area contributed by atoms with Crippen LogP contribution in [0.25, 0.3) is 0 Å². The van der Waals surface area contributed by atoms with Crippen LogP contribution < -0.4 is 0 Å². The normalized spacial score (nSPS) is 58.3. The van der Waals surface area contributed by atoms with Gasteiger partial charge in [-0.2, -0.15) is 0 Å². The molecule has 0 aromatic carbocycles. The number of hydrogen-bond acceptors (Lipinski definition) is 2. The third kappa shape index (κ3) is 2.42. The van der Waals surface area contributed by atoms with Gasteiger partial charge in [0.25, 0.3) is 0 Å². The second-order valence-corrected chi connectivity index (χ2v) is 12.1. The van der Waals surface area contributed by atoms with E-state index in [0.717, 1.165) is 30.8 Å². The molecule has 1 spiro atoms. The van der Waals surface area contributed by atoms with Crippen LogP contribution in [0.5, 0.6) is 0 Å². The Labute approximate surface area is 177 Å². The summed E-state index contributed by atoms with van der Waals surface area (Å²) in [5.74, 6) is 4.20. The van der Waals surface area contributed by atoms with Crippen LogP contribution in [0.1, 0.15) is 79.1 Å². The molecule has 10 atom stereocenters. The van der Waals surface area contributed by atoms with Gasteiger partial charge in [0.1, 0.15) is 0 Å². The van der Waals surface area contributed by atoms with Crippen LogP contribution in [0.15, 0.2) is 23.8 Å². The van der Waals surface area contributed by atoms with E-state index < -0.39 is 0 Å². The van der Waals surface area contributed by atoms with Gasteiger partial charge in [0, 0.05) is 12.3 Å². The predicted molar refractivity (Wildman–Crippen MR) is 116 cm³/mol. The van der Waals surface area contributed by atoms with E-state index in [9.17, 15) is 0 Å². The summed E-state index contributed by atoms with van der Waals surface area (Å²) in [6, 6.07) is 0. The summed E-state index contributed by atoms with van der Waals surface area (Å²) in [7, 11) is 0. The van der Waals surface area contributed by atoms with Crippen LogP contribution in [-0.4, -0.2) is 18.5 Å². The topological polar surface area (TPSA) is 18.5 Å². The second kappa shape index (κ2) is 6.22. The first kappa shape index (κ1) is 19.1. The van der Waals surface area contributed by atoms with Crippen LogP contribution in [0, 0.1) is 46.3 Å². The minimum Gasteiger partial charge on any atom is -0.349 e. The Morgan fingerprint density at radius 1 is 1.03 bits per heavy atom. The Bertz CT molecular complexity index is 744. The molecule has 0 aromatic heterocycles. The van der Waals surface area contributed by atoms with Crippen LogP contribution in [0.4, 0.5) is 0 Å². The van der Waals surface area contributed by atoms with Crippen molar-refractivity contribution in [2.75, 3.05) is 6.61 Å². The molecule has 29 heavy (non-hydrogen) atoms. The molecule has 6 rings (SSSR count). The molecule has 6 aliphatic rings. The second-order valence-electron chi connectivity index (χ2n) is 12.1. The first-order valence-corrected chi connectivity index (χ1v) is 12.6. The Balaban J connectivity index is 1.30. The lowest BCUT2D eigenvalue weighted by molar-refractivity contribution is -0.272. The molecule has 4 fully saturated rings. The maximum Gasteiger partial charge on any atom is 0.171 e. The first-order chi connectivity index (χ1) is 13.9. The monoisotopic (exact) mass is 396 g/mol. The number of rotatable bonds is 0. The fourth-order valence-electron chi connectivity index (χ4n) is 9.32. The molecule has 2 aliphatic heterocycles. The fraction of sp³-hybridized carbons (Fsp3) is 0.852. The minimum atomic E-state index is -0.271. The molecule has 0 aromatic rings. The molecule has 0 amide bonds. The zero-order chi connectivity index (χ0) is 20.0. The van der Waals surface area contributed by atoms with Crippen molar-refractivity contribution in [3.8, 4) is 0 Å². The summed E-state index contributed by atoms with van der Waals surface area (Å²) in [5, 5.41) is 0. The van der Waals surface area contributed by atoms with Crippen LogP contribution in [-0.2, 0) is 9.47 Å². The average Bonchev–Trinajstić information content (AvgIpc) is 3.15. The molecular weight excluding hydrogens is 356 g/mol. The van der Waals surface area contributed by atoms with Gasteiger partial charge in [0.05, 0.1) is 12.7 Å². The highest BCUT2D eigenvalue weighted by Crippen LogP contribution is 2.70. The van der Waals surface area contributed by atoms with E-state index in [-0.39, 0.29) is 5.79 Å². The molecule has 0 radical (unpaired) electrons. The van der Waals surface area contributed by atoms with E-state index in [1.807, 2.05) is 0 Å². The highest BCUT2D eigenvalue weighted by atomic mass is 16.7. The van der Waals surface area contributed by atoms with Crippen molar-refractivity contribution in [1.29, 1.82) is 0 Å². The molecule has 5 unspecified atom stereocenters. The van der Waals surface area contributed by atoms with Gasteiger partial charge in [-0.25, -0.2) is 0 Å². The Hall–Kier alpha value is -0.600. The standard InChI is InChI=1S/C27H40O2/c1-17-10-14-27(28-16-17)18(2)24-23(29-27)15-22-20-9-8-19-7-5-6-12-25(19,3)21(20)11-13-26(22,24)4/h5,7-8,17-18,20-24H,6,9-16H2,1-4H3/t17-,18+,20?,21?,22?,23?,24?,25+,26+,27-/m1/s1. The van der Waals surface area contributed by atoms with Gasteiger partial charge < -0.3 is 9.47 Å². The molecular formula is C27H40O2. The minimum absolute atomic E-state index is 0.271. The van der Waals surface area contributed by atoms with E-state index in [4.69, 9.17) is 9.47 Å². The van der Waals surface area contributed by atoms with Crippen molar-refractivity contribution in [3.63, 3.8) is 0 Å². The Morgan fingerprint density at radius 3 is 2.69 bits per heavy atom. The maximum absolute atomic E-state index is 6.89. The third-order valence-corrected chi connectivity index (χ3v) is 10.9. The first-order valence-electron chi connectivity index (χ1n) is 12.6. The van der Waals surface area contributed by atoms with Gasteiger partial charge >= 0.3 is 0 Å². The van der Waals surface area contributed by atoms with Gasteiger partial charge in [-0.1, -0.05) is 45.9 Å². The predicted octanol–water partition coefficient (Wildman–Crippen LogP) is 6.52. The number of ether oxygens (including phenoxy) is 2. The summed E-state index contributed by atoms with van der Waals surface area (Å²) in [6.07, 6.45) is 18.3. The maximum atomic E-state index is 6.89. The largest absolute Gasteiger partial charge is 0.349 e. The highest BCUT2D eigenvalue weighted by Gasteiger charge is 2.68. The van der Waals surface area contributed by atoms with Gasteiger partial charge in [0.2, 0.25) is 0 Å². The number of hydrogen-bond donors (Lipinski definition) is 0. The van der Waals surface area contributed by atoms with Crippen molar-refractivity contribution >= 4 is 0 Å². The van der Waals surface area contributed by atoms with E-state index in [1.165, 1.54) is 44.9 Å². The summed E-state index contributed by atoms with van der Waals surface area (Å²) >= 11 is 0. The molecule has 4 aliphatic carbocycles. The Kier molecular flexibility index (Phi) is 4.10. The zero-order valence-electron chi connectivity index (χ0n) is 19.0. The van der Waals surface area contributed by atoms with Crippen molar-refractivity contribution < 1.29 is 9.47 Å². The van der Waals surface area contributed by atoms with Crippen molar-refractivity contribution in [2.45, 2.75) is 91.0 Å². The van der Waals surface area contributed by atoms with Crippen molar-refractivity contribution in [2.24, 2.45) is 46.3 Å². The van der Waals surface area contributed by atoms with Crippen molar-refractivity contribution in [1.82, 2.24) is 0 Å². The third-order valence-electron chi connectivity index (χ3n) is 10.9. The molecule has 0 bridgehead atoms. The van der Waals surface area contributed by atoms with Gasteiger partial charge in [-0.3, -0.25) is 0 Å². The zero-order valence-corrected chi connectivity index (χ0v) is 19.0. The molecule has 2 heterocycles. The van der Waals surface area contributed by atoms with Gasteiger partial charge in [-0.15, -0.1) is 0 Å². The van der Waals surface area contributed by atoms with Gasteiger partial charge in [-0.05, 0) is 90.9 Å². The van der Waals surface area contributed by atoms with Gasteiger partial charge in [0.15, 0.2) is 5.79 Å². The molecule has 2 saturated heterocycles. The van der Waals surface area contributed by atoms with E-state index >= 15 is 0 Å². The molecule has 2 nitrogen and oxygen atoms in total. The molecule has 0 N–H and O–H groups in total. The average molecular weight is 397 g/mol. The summed E-state index contributed by atoms with van der Waals surface area (Å²) in [4.78, 5) is 0. The number of fused-ring (bicyclic) bond motifs is 7. The molecule has 2 saturated carbocycles. The molecule has 2 heteroatoms. The van der Waals surface area contributed by atoms with E-state index in [2.05, 4.69) is 45.9 Å². The van der Waals surface area contributed by atoms with E-state index in [0.29, 0.717) is 34.7 Å². The lowest BCUT2D eigenvalue weighted by Crippen LogP contribution is -2.51. The lowest BCUT2D eigenvalue weighted by Gasteiger charge is -2.57.